The second-order valence-electron chi connectivity index (χ2n) is 5.75. The van der Waals surface area contributed by atoms with Gasteiger partial charge in [0, 0.05) is 19.7 Å². The minimum Gasteiger partial charge on any atom is -0.497 e. The van der Waals surface area contributed by atoms with Crippen LogP contribution in [0.3, 0.4) is 0 Å². The summed E-state index contributed by atoms with van der Waals surface area (Å²) in [4.78, 5) is 25.5. The molecule has 2 aromatic rings. The summed E-state index contributed by atoms with van der Waals surface area (Å²) in [5, 5.41) is 0. The lowest BCUT2D eigenvalue weighted by Crippen LogP contribution is -2.30. The fraction of sp³-hybridized carbons (Fsp3) is 0.300. The van der Waals surface area contributed by atoms with E-state index in [1.807, 2.05) is 31.2 Å². The number of amides is 1. The molecule has 0 fully saturated rings. The number of nitrogens with zero attached hydrogens (tertiary/aromatic N) is 1. The molecule has 2 rings (SSSR count). The topological polar surface area (TPSA) is 65.1 Å². The zero-order chi connectivity index (χ0) is 19.8. The average molecular weight is 375 g/mol. The molecule has 7 heteroatoms. The van der Waals surface area contributed by atoms with Crippen LogP contribution in [0, 0.1) is 5.82 Å². The molecule has 27 heavy (non-hydrogen) atoms. The number of methoxy groups -OCH3 is 1. The third-order valence-electron chi connectivity index (χ3n) is 3.80. The summed E-state index contributed by atoms with van der Waals surface area (Å²) < 4.78 is 29.0. The molecule has 0 radical (unpaired) electrons. The lowest BCUT2D eigenvalue weighted by Gasteiger charge is -2.17. The minimum absolute atomic E-state index is 0.252. The van der Waals surface area contributed by atoms with Crippen LogP contribution in [0.15, 0.2) is 42.5 Å². The molecular formula is C20H22FNO5. The number of hydrogen-bond acceptors (Lipinski definition) is 5. The molecule has 0 aliphatic carbocycles. The maximum atomic E-state index is 13.9. The number of likely N-dealkylation sites (N-methyl/N-ethyl adjacent to an activating group) is 1. The molecule has 144 valence electrons. The van der Waals surface area contributed by atoms with Crippen LogP contribution in [-0.4, -0.2) is 44.1 Å². The highest BCUT2D eigenvalue weighted by molar-refractivity contribution is 5.91. The van der Waals surface area contributed by atoms with Crippen LogP contribution < -0.4 is 9.47 Å². The van der Waals surface area contributed by atoms with Crippen LogP contribution >= 0.6 is 0 Å². The first-order valence-corrected chi connectivity index (χ1v) is 8.41. The Balaban J connectivity index is 1.87. The van der Waals surface area contributed by atoms with Gasteiger partial charge in [-0.2, -0.15) is 0 Å². The molecule has 0 heterocycles. The van der Waals surface area contributed by atoms with Crippen LogP contribution in [0.4, 0.5) is 4.39 Å². The number of halogens is 1. The quantitative estimate of drug-likeness (QED) is 0.664. The Labute approximate surface area is 157 Å². The molecule has 1 amide bonds. The normalized spacial score (nSPS) is 10.2. The SMILES string of the molecule is CCOc1ccc(CN(C)C(=O)COC(=O)c2ccc(OC)cc2F)cc1. The van der Waals surface area contributed by atoms with E-state index in [0.29, 0.717) is 13.2 Å². The zero-order valence-electron chi connectivity index (χ0n) is 15.5. The third-order valence-corrected chi connectivity index (χ3v) is 3.80. The predicted octanol–water partition coefficient (Wildman–Crippen LogP) is 3.05. The van der Waals surface area contributed by atoms with Crippen LogP contribution in [0.1, 0.15) is 22.8 Å². The Morgan fingerprint density at radius 1 is 1.07 bits per heavy atom. The van der Waals surface area contributed by atoms with E-state index in [0.717, 1.165) is 17.4 Å². The van der Waals surface area contributed by atoms with Crippen molar-refractivity contribution in [1.82, 2.24) is 4.90 Å². The van der Waals surface area contributed by atoms with Crippen molar-refractivity contribution in [3.8, 4) is 11.5 Å². The number of carbonyl (C=O) groups excluding carboxylic acids is 2. The van der Waals surface area contributed by atoms with Gasteiger partial charge in [-0.25, -0.2) is 9.18 Å². The molecule has 0 spiro atoms. The summed E-state index contributed by atoms with van der Waals surface area (Å²) in [5.74, 6) is -1.03. The van der Waals surface area contributed by atoms with E-state index in [4.69, 9.17) is 14.2 Å². The molecule has 0 unspecified atom stereocenters. The summed E-state index contributed by atoms with van der Waals surface area (Å²) in [6.45, 7) is 2.36. The zero-order valence-corrected chi connectivity index (χ0v) is 15.5. The van der Waals surface area contributed by atoms with Gasteiger partial charge in [-0.1, -0.05) is 12.1 Å². The Hall–Kier alpha value is -3.09. The number of benzene rings is 2. The van der Waals surface area contributed by atoms with E-state index < -0.39 is 24.3 Å². The molecule has 6 nitrogen and oxygen atoms in total. The maximum Gasteiger partial charge on any atom is 0.341 e. The van der Waals surface area contributed by atoms with Crippen LogP contribution in [0.2, 0.25) is 0 Å². The van der Waals surface area contributed by atoms with Gasteiger partial charge >= 0.3 is 5.97 Å². The minimum atomic E-state index is -0.905. The molecule has 0 N–H and O–H groups in total. The Morgan fingerprint density at radius 3 is 2.33 bits per heavy atom. The van der Waals surface area contributed by atoms with Crippen molar-refractivity contribution in [2.24, 2.45) is 0 Å². The van der Waals surface area contributed by atoms with Gasteiger partial charge in [0.1, 0.15) is 17.3 Å². The highest BCUT2D eigenvalue weighted by Gasteiger charge is 2.17. The second-order valence-corrected chi connectivity index (χ2v) is 5.75. The molecule has 0 aliphatic rings. The maximum absolute atomic E-state index is 13.9. The van der Waals surface area contributed by atoms with E-state index in [-0.39, 0.29) is 11.3 Å². The van der Waals surface area contributed by atoms with Gasteiger partial charge in [-0.05, 0) is 36.8 Å². The molecule has 0 saturated heterocycles. The van der Waals surface area contributed by atoms with E-state index in [2.05, 4.69) is 0 Å². The summed E-state index contributed by atoms with van der Waals surface area (Å²) >= 11 is 0. The molecule has 0 bridgehead atoms. The van der Waals surface area contributed by atoms with Crippen LogP contribution in [0.5, 0.6) is 11.5 Å². The van der Waals surface area contributed by atoms with Crippen LogP contribution in [-0.2, 0) is 16.1 Å². The largest absolute Gasteiger partial charge is 0.497 e. The van der Waals surface area contributed by atoms with Gasteiger partial charge in [-0.15, -0.1) is 0 Å². The molecular weight excluding hydrogens is 353 g/mol. The standard InChI is InChI=1S/C20H22FNO5/c1-4-26-15-7-5-14(6-8-15)12-22(2)19(23)13-27-20(24)17-10-9-16(25-3)11-18(17)21/h5-11H,4,12-13H2,1-3H3. The van der Waals surface area contributed by atoms with E-state index in [1.54, 1.807) is 7.05 Å². The summed E-state index contributed by atoms with van der Waals surface area (Å²) in [6.07, 6.45) is 0. The van der Waals surface area contributed by atoms with Gasteiger partial charge in [0.15, 0.2) is 6.61 Å². The highest BCUT2D eigenvalue weighted by atomic mass is 19.1. The molecule has 0 atom stereocenters. The van der Waals surface area contributed by atoms with E-state index in [1.165, 1.54) is 24.1 Å². The third kappa shape index (κ3) is 5.70. The summed E-state index contributed by atoms with van der Waals surface area (Å²) in [6, 6.07) is 11.1. The van der Waals surface area contributed by atoms with Crippen LogP contribution in [0.25, 0.3) is 0 Å². The number of esters is 1. The summed E-state index contributed by atoms with van der Waals surface area (Å²) in [7, 11) is 2.99. The molecule has 2 aromatic carbocycles. The first-order valence-electron chi connectivity index (χ1n) is 8.41. The number of hydrogen-bond donors (Lipinski definition) is 0. The van der Waals surface area contributed by atoms with Gasteiger partial charge in [0.2, 0.25) is 0 Å². The Bertz CT molecular complexity index is 791. The lowest BCUT2D eigenvalue weighted by atomic mass is 10.2. The predicted molar refractivity (Wildman–Crippen MR) is 97.3 cm³/mol. The average Bonchev–Trinajstić information content (AvgIpc) is 2.67. The molecule has 0 aliphatic heterocycles. The first kappa shape index (κ1) is 20.2. The van der Waals surface area contributed by atoms with Crippen molar-refractivity contribution < 1.29 is 28.2 Å². The monoisotopic (exact) mass is 375 g/mol. The van der Waals surface area contributed by atoms with Gasteiger partial charge < -0.3 is 19.1 Å². The smallest absolute Gasteiger partial charge is 0.341 e. The van der Waals surface area contributed by atoms with Crippen molar-refractivity contribution in [2.45, 2.75) is 13.5 Å². The number of rotatable bonds is 8. The van der Waals surface area contributed by atoms with Gasteiger partial charge in [0.05, 0.1) is 19.3 Å². The van der Waals surface area contributed by atoms with Gasteiger partial charge in [0.25, 0.3) is 5.91 Å². The van der Waals surface area contributed by atoms with E-state index >= 15 is 0 Å². The Kier molecular flexibility index (Phi) is 7.16. The van der Waals surface area contributed by atoms with Gasteiger partial charge in [-0.3, -0.25) is 4.79 Å². The molecule has 0 aromatic heterocycles. The lowest BCUT2D eigenvalue weighted by molar-refractivity contribution is -0.133. The number of carbonyl (C=O) groups is 2. The molecule has 0 saturated carbocycles. The Morgan fingerprint density at radius 2 is 1.74 bits per heavy atom. The van der Waals surface area contributed by atoms with Crippen molar-refractivity contribution in [1.29, 1.82) is 0 Å². The second kappa shape index (κ2) is 9.56. The first-order chi connectivity index (χ1) is 12.9. The fourth-order valence-corrected chi connectivity index (χ4v) is 2.32. The fourth-order valence-electron chi connectivity index (χ4n) is 2.32. The number of ether oxygens (including phenoxy) is 3. The highest BCUT2D eigenvalue weighted by Crippen LogP contribution is 2.17. The summed E-state index contributed by atoms with van der Waals surface area (Å²) in [5.41, 5.74) is 0.652. The van der Waals surface area contributed by atoms with Crippen molar-refractivity contribution in [3.05, 3.63) is 59.4 Å². The van der Waals surface area contributed by atoms with E-state index in [9.17, 15) is 14.0 Å². The van der Waals surface area contributed by atoms with Crippen molar-refractivity contribution in [3.63, 3.8) is 0 Å². The van der Waals surface area contributed by atoms with Crippen molar-refractivity contribution in [2.75, 3.05) is 27.4 Å². The van der Waals surface area contributed by atoms with Crippen molar-refractivity contribution >= 4 is 11.9 Å².